The first-order valence-corrected chi connectivity index (χ1v) is 5.57. The van der Waals surface area contributed by atoms with Crippen molar-refractivity contribution in [2.75, 3.05) is 20.6 Å². The second-order valence-electron chi connectivity index (χ2n) is 4.56. The van der Waals surface area contributed by atoms with Gasteiger partial charge in [0.25, 0.3) is 0 Å². The van der Waals surface area contributed by atoms with Gasteiger partial charge < -0.3 is 14.8 Å². The maximum atomic E-state index is 3.53. The molecule has 0 fully saturated rings. The largest absolute Gasteiger partial charge is 0.357 e. The monoisotopic (exact) mass is 209 g/mol. The van der Waals surface area contributed by atoms with E-state index in [1.165, 1.54) is 12.0 Å². The van der Waals surface area contributed by atoms with E-state index < -0.39 is 0 Å². The van der Waals surface area contributed by atoms with Gasteiger partial charge in [0, 0.05) is 32.0 Å². The maximum absolute atomic E-state index is 3.53. The highest BCUT2D eigenvalue weighted by atomic mass is 15.1. The predicted octanol–water partition coefficient (Wildman–Crippen LogP) is 1.45. The summed E-state index contributed by atoms with van der Waals surface area (Å²) in [6.07, 6.45) is 5.44. The van der Waals surface area contributed by atoms with Crippen LogP contribution in [0.5, 0.6) is 0 Å². The Labute approximate surface area is 93.1 Å². The average Bonchev–Trinajstić information content (AvgIpc) is 2.58. The summed E-state index contributed by atoms with van der Waals surface area (Å²) >= 11 is 0. The van der Waals surface area contributed by atoms with Gasteiger partial charge in [-0.1, -0.05) is 0 Å². The van der Waals surface area contributed by atoms with Crippen LogP contribution in [0.15, 0.2) is 18.5 Å². The van der Waals surface area contributed by atoms with Crippen molar-refractivity contribution in [2.24, 2.45) is 7.05 Å². The lowest BCUT2D eigenvalue weighted by molar-refractivity contribution is 0.365. The molecule has 1 rings (SSSR count). The van der Waals surface area contributed by atoms with Crippen LogP contribution in [-0.2, 0) is 13.6 Å². The Morgan fingerprint density at radius 2 is 2.20 bits per heavy atom. The van der Waals surface area contributed by atoms with Crippen molar-refractivity contribution in [3.05, 3.63) is 24.0 Å². The van der Waals surface area contributed by atoms with Crippen molar-refractivity contribution < 1.29 is 0 Å². The van der Waals surface area contributed by atoms with Crippen molar-refractivity contribution >= 4 is 0 Å². The molecule has 0 bridgehead atoms. The van der Waals surface area contributed by atoms with E-state index in [1.807, 2.05) is 0 Å². The van der Waals surface area contributed by atoms with Crippen LogP contribution in [0.4, 0.5) is 0 Å². The fourth-order valence-corrected chi connectivity index (χ4v) is 1.51. The lowest BCUT2D eigenvalue weighted by atomic mass is 10.2. The van der Waals surface area contributed by atoms with Crippen molar-refractivity contribution in [3.8, 4) is 0 Å². The van der Waals surface area contributed by atoms with E-state index in [9.17, 15) is 0 Å². The van der Waals surface area contributed by atoms with E-state index in [-0.39, 0.29) is 0 Å². The Morgan fingerprint density at radius 1 is 1.47 bits per heavy atom. The average molecular weight is 209 g/mol. The molecule has 3 heteroatoms. The lowest BCUT2D eigenvalue weighted by Crippen LogP contribution is -2.29. The molecular weight excluding hydrogens is 186 g/mol. The van der Waals surface area contributed by atoms with Gasteiger partial charge in [-0.05, 0) is 45.6 Å². The summed E-state index contributed by atoms with van der Waals surface area (Å²) in [5.74, 6) is 0. The van der Waals surface area contributed by atoms with Crippen molar-refractivity contribution in [3.63, 3.8) is 0 Å². The topological polar surface area (TPSA) is 20.2 Å². The fourth-order valence-electron chi connectivity index (χ4n) is 1.51. The first kappa shape index (κ1) is 12.3. The van der Waals surface area contributed by atoms with Gasteiger partial charge in [-0.15, -0.1) is 0 Å². The summed E-state index contributed by atoms with van der Waals surface area (Å²) in [4.78, 5) is 2.22. The normalized spacial score (nSPS) is 13.4. The third-order valence-electron chi connectivity index (χ3n) is 2.56. The quantitative estimate of drug-likeness (QED) is 0.765. The van der Waals surface area contributed by atoms with Crippen molar-refractivity contribution in [1.82, 2.24) is 14.8 Å². The van der Waals surface area contributed by atoms with E-state index in [2.05, 4.69) is 61.3 Å². The summed E-state index contributed by atoms with van der Waals surface area (Å²) < 4.78 is 2.08. The second kappa shape index (κ2) is 5.93. The molecule has 1 heterocycles. The minimum atomic E-state index is 0.576. The van der Waals surface area contributed by atoms with Crippen molar-refractivity contribution in [1.29, 1.82) is 0 Å². The number of hydrogen-bond donors (Lipinski definition) is 1. The van der Waals surface area contributed by atoms with Crippen LogP contribution in [0.2, 0.25) is 0 Å². The predicted molar refractivity (Wildman–Crippen MR) is 64.9 cm³/mol. The van der Waals surface area contributed by atoms with Crippen LogP contribution >= 0.6 is 0 Å². The molecule has 86 valence electrons. The van der Waals surface area contributed by atoms with Gasteiger partial charge >= 0.3 is 0 Å². The molecule has 0 aliphatic carbocycles. The molecule has 0 saturated heterocycles. The Kier molecular flexibility index (Phi) is 4.85. The third-order valence-corrected chi connectivity index (χ3v) is 2.56. The SMILES string of the molecule is CC(CCN(C)C)NCc1ccn(C)c1. The molecule has 3 nitrogen and oxygen atoms in total. The molecule has 0 saturated carbocycles. The molecule has 1 aromatic heterocycles. The first-order valence-electron chi connectivity index (χ1n) is 5.57. The van der Waals surface area contributed by atoms with Crippen LogP contribution in [0.1, 0.15) is 18.9 Å². The highest BCUT2D eigenvalue weighted by Gasteiger charge is 2.02. The highest BCUT2D eigenvalue weighted by Crippen LogP contribution is 2.00. The fraction of sp³-hybridized carbons (Fsp3) is 0.667. The van der Waals surface area contributed by atoms with Gasteiger partial charge in [0.1, 0.15) is 0 Å². The molecule has 0 aliphatic rings. The molecule has 0 aromatic carbocycles. The number of aromatic nitrogens is 1. The Balaban J connectivity index is 2.19. The zero-order chi connectivity index (χ0) is 11.3. The third kappa shape index (κ3) is 5.00. The lowest BCUT2D eigenvalue weighted by Gasteiger charge is -2.16. The zero-order valence-electron chi connectivity index (χ0n) is 10.3. The molecule has 0 spiro atoms. The first-order chi connectivity index (χ1) is 7.08. The number of rotatable bonds is 6. The van der Waals surface area contributed by atoms with Gasteiger partial charge in [0.2, 0.25) is 0 Å². The standard InChI is InChI=1S/C12H23N3/c1-11(5-7-14(2)3)13-9-12-6-8-15(4)10-12/h6,8,10-11,13H,5,7,9H2,1-4H3. The Hall–Kier alpha value is -0.800. The zero-order valence-corrected chi connectivity index (χ0v) is 10.3. The van der Waals surface area contributed by atoms with E-state index in [0.717, 1.165) is 13.1 Å². The minimum absolute atomic E-state index is 0.576. The molecule has 1 unspecified atom stereocenters. The summed E-state index contributed by atoms with van der Waals surface area (Å²) in [5, 5.41) is 3.53. The van der Waals surface area contributed by atoms with Gasteiger partial charge in [0.05, 0.1) is 0 Å². The van der Waals surface area contributed by atoms with E-state index in [0.29, 0.717) is 6.04 Å². The minimum Gasteiger partial charge on any atom is -0.357 e. The van der Waals surface area contributed by atoms with Crippen LogP contribution in [-0.4, -0.2) is 36.1 Å². The molecule has 1 aromatic rings. The van der Waals surface area contributed by atoms with Crippen LogP contribution in [0.25, 0.3) is 0 Å². The summed E-state index contributed by atoms with van der Waals surface area (Å²) in [5.41, 5.74) is 1.36. The van der Waals surface area contributed by atoms with Gasteiger partial charge in [0.15, 0.2) is 0 Å². The highest BCUT2D eigenvalue weighted by molar-refractivity contribution is 5.09. The summed E-state index contributed by atoms with van der Waals surface area (Å²) in [6, 6.07) is 2.73. The maximum Gasteiger partial charge on any atom is 0.0223 e. The Morgan fingerprint density at radius 3 is 2.73 bits per heavy atom. The van der Waals surface area contributed by atoms with Crippen molar-refractivity contribution in [2.45, 2.75) is 25.9 Å². The second-order valence-corrected chi connectivity index (χ2v) is 4.56. The van der Waals surface area contributed by atoms with Gasteiger partial charge in [-0.25, -0.2) is 0 Å². The van der Waals surface area contributed by atoms with E-state index in [1.54, 1.807) is 0 Å². The van der Waals surface area contributed by atoms with Gasteiger partial charge in [-0.3, -0.25) is 0 Å². The molecule has 0 aliphatic heterocycles. The molecule has 15 heavy (non-hydrogen) atoms. The smallest absolute Gasteiger partial charge is 0.0223 e. The molecule has 0 amide bonds. The van der Waals surface area contributed by atoms with Crippen LogP contribution in [0, 0.1) is 0 Å². The summed E-state index contributed by atoms with van der Waals surface area (Å²) in [6.45, 7) is 4.35. The molecular formula is C12H23N3. The molecule has 1 N–H and O–H groups in total. The number of hydrogen-bond acceptors (Lipinski definition) is 2. The molecule has 0 radical (unpaired) electrons. The number of nitrogens with zero attached hydrogens (tertiary/aromatic N) is 2. The van der Waals surface area contributed by atoms with E-state index in [4.69, 9.17) is 0 Å². The van der Waals surface area contributed by atoms with Gasteiger partial charge in [-0.2, -0.15) is 0 Å². The van der Waals surface area contributed by atoms with Crippen LogP contribution in [0.3, 0.4) is 0 Å². The van der Waals surface area contributed by atoms with E-state index >= 15 is 0 Å². The summed E-state index contributed by atoms with van der Waals surface area (Å²) in [7, 11) is 6.28. The number of aryl methyl sites for hydroxylation is 1. The van der Waals surface area contributed by atoms with Crippen LogP contribution < -0.4 is 5.32 Å². The number of nitrogens with one attached hydrogen (secondary N) is 1. The molecule has 1 atom stereocenters. The Bertz CT molecular complexity index is 278.